The summed E-state index contributed by atoms with van der Waals surface area (Å²) in [5.74, 6) is -0.0898. The summed E-state index contributed by atoms with van der Waals surface area (Å²) in [7, 11) is 0. The van der Waals surface area contributed by atoms with E-state index in [1.165, 1.54) is 257 Å². The first-order valence-electron chi connectivity index (χ1n) is 30.4. The molecule has 0 N–H and O–H groups in total. The SMILES string of the molecule is CCCCCCCCCCCCN(CCCCCCCCCCCC)CCC(=O)O[C@H]1CC[C@@H](OC(=O)CCN(CCCCCCCCCCCC)CCCCCCCCCCCC)CC1. The van der Waals surface area contributed by atoms with Gasteiger partial charge in [-0.2, -0.15) is 0 Å². The van der Waals surface area contributed by atoms with Gasteiger partial charge in [-0.1, -0.05) is 259 Å². The molecule has 1 fully saturated rings. The average molecular weight is 932 g/mol. The lowest BCUT2D eigenvalue weighted by Crippen LogP contribution is -2.33. The largest absolute Gasteiger partial charge is 0.462 e. The monoisotopic (exact) mass is 931 g/mol. The Morgan fingerprint density at radius 1 is 0.288 bits per heavy atom. The van der Waals surface area contributed by atoms with Crippen molar-refractivity contribution < 1.29 is 19.1 Å². The zero-order chi connectivity index (χ0) is 47.6. The summed E-state index contributed by atoms with van der Waals surface area (Å²) in [6.45, 7) is 15.2. The Kier molecular flexibility index (Phi) is 47.9. The molecule has 1 aliphatic rings. The van der Waals surface area contributed by atoms with Crippen molar-refractivity contribution in [2.75, 3.05) is 39.3 Å². The minimum atomic E-state index is -0.0449. The Balaban J connectivity index is 2.43. The van der Waals surface area contributed by atoms with Crippen LogP contribution in [0.5, 0.6) is 0 Å². The van der Waals surface area contributed by atoms with Gasteiger partial charge in [0.05, 0.1) is 12.8 Å². The van der Waals surface area contributed by atoms with Gasteiger partial charge < -0.3 is 19.3 Å². The smallest absolute Gasteiger partial charge is 0.307 e. The van der Waals surface area contributed by atoms with E-state index in [1.54, 1.807) is 0 Å². The molecule has 1 saturated carbocycles. The molecule has 1 rings (SSSR count). The molecule has 0 aromatic carbocycles. The molecule has 1 aliphatic carbocycles. The predicted octanol–water partition coefficient (Wildman–Crippen LogP) is 18.5. The van der Waals surface area contributed by atoms with E-state index in [-0.39, 0.29) is 24.1 Å². The van der Waals surface area contributed by atoms with E-state index in [1.807, 2.05) is 0 Å². The summed E-state index contributed by atoms with van der Waals surface area (Å²) >= 11 is 0. The fourth-order valence-electron chi connectivity index (χ4n) is 10.2. The first kappa shape index (κ1) is 62.9. The Morgan fingerprint density at radius 3 is 0.667 bits per heavy atom. The van der Waals surface area contributed by atoms with Gasteiger partial charge >= 0.3 is 11.9 Å². The molecule has 0 aromatic heterocycles. The number of rotatable bonds is 52. The average Bonchev–Trinajstić information content (AvgIpc) is 3.32. The molecule has 66 heavy (non-hydrogen) atoms. The van der Waals surface area contributed by atoms with Gasteiger partial charge in [0.2, 0.25) is 0 Å². The highest BCUT2D eigenvalue weighted by Crippen LogP contribution is 2.25. The second-order valence-corrected chi connectivity index (χ2v) is 21.3. The maximum absolute atomic E-state index is 13.1. The Morgan fingerprint density at radius 2 is 0.470 bits per heavy atom. The van der Waals surface area contributed by atoms with Crippen molar-refractivity contribution in [3.8, 4) is 0 Å². The second kappa shape index (κ2) is 50.3. The second-order valence-electron chi connectivity index (χ2n) is 21.3. The lowest BCUT2D eigenvalue weighted by atomic mass is 9.95. The van der Waals surface area contributed by atoms with Gasteiger partial charge in [0, 0.05) is 13.1 Å². The van der Waals surface area contributed by atoms with Gasteiger partial charge in [0.1, 0.15) is 12.2 Å². The first-order valence-corrected chi connectivity index (χ1v) is 30.4. The number of nitrogens with zero attached hydrogens (tertiary/aromatic N) is 2. The molecular weight excluding hydrogens is 813 g/mol. The van der Waals surface area contributed by atoms with E-state index in [4.69, 9.17) is 9.47 Å². The first-order chi connectivity index (χ1) is 32.5. The van der Waals surface area contributed by atoms with Gasteiger partial charge in [0.15, 0.2) is 0 Å². The fraction of sp³-hybridized carbons (Fsp3) is 0.967. The van der Waals surface area contributed by atoms with E-state index in [2.05, 4.69) is 37.5 Å². The summed E-state index contributed by atoms with van der Waals surface area (Å²) in [5.41, 5.74) is 0. The van der Waals surface area contributed by atoms with E-state index < -0.39 is 0 Å². The van der Waals surface area contributed by atoms with Crippen molar-refractivity contribution in [1.29, 1.82) is 0 Å². The van der Waals surface area contributed by atoms with Gasteiger partial charge in [-0.25, -0.2) is 0 Å². The minimum absolute atomic E-state index is 0.0394. The number of hydrogen-bond donors (Lipinski definition) is 0. The number of carbonyl (C=O) groups is 2. The minimum Gasteiger partial charge on any atom is -0.462 e. The fourth-order valence-corrected chi connectivity index (χ4v) is 10.2. The van der Waals surface area contributed by atoms with Crippen LogP contribution in [0.4, 0.5) is 0 Å². The zero-order valence-corrected chi connectivity index (χ0v) is 45.5. The Bertz CT molecular complexity index is 873. The third-order valence-corrected chi connectivity index (χ3v) is 14.8. The van der Waals surface area contributed by atoms with E-state index in [9.17, 15) is 9.59 Å². The molecule has 0 aliphatic heterocycles. The van der Waals surface area contributed by atoms with Crippen molar-refractivity contribution in [2.45, 2.75) is 335 Å². The standard InChI is InChI=1S/C60H118N2O4/c1-5-9-13-17-21-25-29-33-37-41-51-61(52-42-38-34-30-26-22-18-14-10-6-2)55-49-59(63)65-57-45-47-58(48-46-57)66-60(64)50-56-62(53-43-39-35-31-27-23-19-15-11-7-3)54-44-40-36-32-28-24-20-16-12-8-4/h57-58H,5-56H2,1-4H3/t57-,58+. The number of ether oxygens (including phenoxy) is 2. The predicted molar refractivity (Wildman–Crippen MR) is 288 cm³/mol. The van der Waals surface area contributed by atoms with Gasteiger partial charge in [-0.3, -0.25) is 9.59 Å². The summed E-state index contributed by atoms with van der Waals surface area (Å²) in [4.78, 5) is 31.4. The van der Waals surface area contributed by atoms with Crippen LogP contribution in [0.25, 0.3) is 0 Å². The lowest BCUT2D eigenvalue weighted by molar-refractivity contribution is -0.158. The van der Waals surface area contributed by atoms with Crippen LogP contribution >= 0.6 is 0 Å². The summed E-state index contributed by atoms with van der Waals surface area (Å²) < 4.78 is 12.1. The highest BCUT2D eigenvalue weighted by Gasteiger charge is 2.26. The molecule has 0 saturated heterocycles. The maximum atomic E-state index is 13.1. The summed E-state index contributed by atoms with van der Waals surface area (Å²) in [6.07, 6.45) is 58.4. The molecule has 0 bridgehead atoms. The molecule has 0 amide bonds. The quantitative estimate of drug-likeness (QED) is 0.0447. The molecule has 0 unspecified atom stereocenters. The zero-order valence-electron chi connectivity index (χ0n) is 45.5. The van der Waals surface area contributed by atoms with Gasteiger partial charge in [-0.05, 0) is 77.5 Å². The molecule has 6 nitrogen and oxygen atoms in total. The third kappa shape index (κ3) is 42.9. The molecule has 0 spiro atoms. The van der Waals surface area contributed by atoms with Crippen LogP contribution in [0, 0.1) is 0 Å². The summed E-state index contributed by atoms with van der Waals surface area (Å²) in [5, 5.41) is 0. The third-order valence-electron chi connectivity index (χ3n) is 14.8. The van der Waals surface area contributed by atoms with Crippen LogP contribution < -0.4 is 0 Å². The van der Waals surface area contributed by atoms with Crippen molar-refractivity contribution in [3.05, 3.63) is 0 Å². The summed E-state index contributed by atoms with van der Waals surface area (Å²) in [6, 6.07) is 0. The van der Waals surface area contributed by atoms with Gasteiger partial charge in [-0.15, -0.1) is 0 Å². The molecule has 6 heteroatoms. The molecule has 392 valence electrons. The van der Waals surface area contributed by atoms with Crippen LogP contribution in [0.3, 0.4) is 0 Å². The van der Waals surface area contributed by atoms with Crippen LogP contribution in [0.2, 0.25) is 0 Å². The van der Waals surface area contributed by atoms with Crippen LogP contribution in [-0.4, -0.2) is 73.2 Å². The molecule has 0 aromatic rings. The maximum Gasteiger partial charge on any atom is 0.307 e. The Labute approximate surface area is 413 Å². The number of esters is 2. The topological polar surface area (TPSA) is 59.1 Å². The highest BCUT2D eigenvalue weighted by molar-refractivity contribution is 5.70. The van der Waals surface area contributed by atoms with Crippen LogP contribution in [0.15, 0.2) is 0 Å². The van der Waals surface area contributed by atoms with Crippen molar-refractivity contribution >= 4 is 11.9 Å². The normalized spacial score (nSPS) is 15.3. The Hall–Kier alpha value is -1.14. The van der Waals surface area contributed by atoms with Crippen molar-refractivity contribution in [2.24, 2.45) is 0 Å². The van der Waals surface area contributed by atoms with E-state index >= 15 is 0 Å². The molecule has 0 heterocycles. The van der Waals surface area contributed by atoms with E-state index in [0.717, 1.165) is 65.0 Å². The number of unbranched alkanes of at least 4 members (excludes halogenated alkanes) is 36. The molecule has 0 atom stereocenters. The van der Waals surface area contributed by atoms with Crippen LogP contribution in [0.1, 0.15) is 323 Å². The van der Waals surface area contributed by atoms with Gasteiger partial charge in [0.25, 0.3) is 0 Å². The van der Waals surface area contributed by atoms with E-state index in [0.29, 0.717) is 12.8 Å². The molecule has 0 radical (unpaired) electrons. The van der Waals surface area contributed by atoms with Crippen molar-refractivity contribution in [3.63, 3.8) is 0 Å². The highest BCUT2D eigenvalue weighted by atomic mass is 16.6. The number of hydrogen-bond acceptors (Lipinski definition) is 6. The van der Waals surface area contributed by atoms with Crippen LogP contribution in [-0.2, 0) is 19.1 Å². The molecular formula is C60H118N2O4. The lowest BCUT2D eigenvalue weighted by Gasteiger charge is -2.29. The van der Waals surface area contributed by atoms with Crippen molar-refractivity contribution in [1.82, 2.24) is 9.80 Å². The number of carbonyl (C=O) groups excluding carboxylic acids is 2.